The fraction of sp³-hybridized carbons (Fsp3) is 0.333. The van der Waals surface area contributed by atoms with Gasteiger partial charge in [-0.25, -0.2) is 0 Å². The number of carbonyl (C=O) groups is 2. The van der Waals surface area contributed by atoms with Crippen LogP contribution in [-0.4, -0.2) is 36.3 Å². The number of nitrogens with zero attached hydrogens (tertiary/aromatic N) is 1. The number of nitrogens with one attached hydrogen (secondary N) is 2. The van der Waals surface area contributed by atoms with Crippen molar-refractivity contribution in [1.29, 1.82) is 0 Å². The predicted octanol–water partition coefficient (Wildman–Crippen LogP) is 2.96. The highest BCUT2D eigenvalue weighted by Crippen LogP contribution is 2.15. The summed E-state index contributed by atoms with van der Waals surface area (Å²) in [4.78, 5) is 26.1. The first-order valence-electron chi connectivity index (χ1n) is 8.18. The zero-order chi connectivity index (χ0) is 16.8. The number of rotatable bonds is 5. The Morgan fingerprint density at radius 2 is 1.62 bits per heavy atom. The SMILES string of the molecule is O=C(CN1CCCCC1)Nc1ccc(NC(=O)c2ccco2)cc1. The topological polar surface area (TPSA) is 74.6 Å². The van der Waals surface area contributed by atoms with E-state index in [0.29, 0.717) is 17.9 Å². The van der Waals surface area contributed by atoms with Gasteiger partial charge in [0.05, 0.1) is 12.8 Å². The molecule has 2 N–H and O–H groups in total. The molecule has 1 aromatic heterocycles. The number of hydrogen-bond donors (Lipinski definition) is 2. The molecule has 24 heavy (non-hydrogen) atoms. The molecule has 2 amide bonds. The summed E-state index contributed by atoms with van der Waals surface area (Å²) in [6, 6.07) is 10.3. The maximum absolute atomic E-state index is 12.1. The Balaban J connectivity index is 1.50. The highest BCUT2D eigenvalue weighted by molar-refractivity contribution is 6.02. The van der Waals surface area contributed by atoms with Crippen molar-refractivity contribution in [1.82, 2.24) is 4.90 Å². The zero-order valence-electron chi connectivity index (χ0n) is 13.5. The Kier molecular flexibility index (Phi) is 5.28. The molecule has 1 aliphatic rings. The smallest absolute Gasteiger partial charge is 0.291 e. The largest absolute Gasteiger partial charge is 0.459 e. The number of likely N-dealkylation sites (tertiary alicyclic amines) is 1. The van der Waals surface area contributed by atoms with Crippen LogP contribution in [-0.2, 0) is 4.79 Å². The van der Waals surface area contributed by atoms with Crippen molar-refractivity contribution in [3.05, 3.63) is 48.4 Å². The van der Waals surface area contributed by atoms with Gasteiger partial charge in [0.15, 0.2) is 5.76 Å². The minimum Gasteiger partial charge on any atom is -0.459 e. The molecule has 0 aliphatic carbocycles. The normalized spacial score (nSPS) is 15.0. The van der Waals surface area contributed by atoms with Crippen LogP contribution >= 0.6 is 0 Å². The van der Waals surface area contributed by atoms with Gasteiger partial charge in [-0.15, -0.1) is 0 Å². The highest BCUT2D eigenvalue weighted by atomic mass is 16.3. The van der Waals surface area contributed by atoms with E-state index in [-0.39, 0.29) is 17.6 Å². The van der Waals surface area contributed by atoms with E-state index in [1.165, 1.54) is 12.7 Å². The zero-order valence-corrected chi connectivity index (χ0v) is 13.5. The second-order valence-electron chi connectivity index (χ2n) is 5.89. The second-order valence-corrected chi connectivity index (χ2v) is 5.89. The van der Waals surface area contributed by atoms with Crippen LogP contribution in [0.3, 0.4) is 0 Å². The lowest BCUT2D eigenvalue weighted by molar-refractivity contribution is -0.117. The molecular formula is C18H21N3O3. The number of amides is 2. The van der Waals surface area contributed by atoms with Gasteiger partial charge in [-0.2, -0.15) is 0 Å². The number of hydrogen-bond acceptors (Lipinski definition) is 4. The van der Waals surface area contributed by atoms with Gasteiger partial charge in [-0.3, -0.25) is 14.5 Å². The number of carbonyl (C=O) groups excluding carboxylic acids is 2. The number of furan rings is 1. The minimum atomic E-state index is -0.304. The molecule has 2 heterocycles. The van der Waals surface area contributed by atoms with E-state index in [2.05, 4.69) is 15.5 Å². The van der Waals surface area contributed by atoms with Crippen LogP contribution < -0.4 is 10.6 Å². The Morgan fingerprint density at radius 3 is 2.25 bits per heavy atom. The number of benzene rings is 1. The van der Waals surface area contributed by atoms with Crippen LogP contribution in [0.2, 0.25) is 0 Å². The lowest BCUT2D eigenvalue weighted by atomic mass is 10.1. The fourth-order valence-electron chi connectivity index (χ4n) is 2.76. The molecule has 0 spiro atoms. The summed E-state index contributed by atoms with van der Waals surface area (Å²) in [5, 5.41) is 5.62. The van der Waals surface area contributed by atoms with E-state index in [1.807, 2.05) is 0 Å². The highest BCUT2D eigenvalue weighted by Gasteiger charge is 2.14. The second kappa shape index (κ2) is 7.79. The van der Waals surface area contributed by atoms with Crippen molar-refractivity contribution < 1.29 is 14.0 Å². The van der Waals surface area contributed by atoms with Gasteiger partial charge in [-0.05, 0) is 62.3 Å². The third-order valence-electron chi connectivity index (χ3n) is 3.99. The number of anilines is 2. The van der Waals surface area contributed by atoms with E-state index < -0.39 is 0 Å². The molecule has 0 unspecified atom stereocenters. The van der Waals surface area contributed by atoms with Crippen molar-refractivity contribution in [3.8, 4) is 0 Å². The quantitative estimate of drug-likeness (QED) is 0.885. The van der Waals surface area contributed by atoms with Gasteiger partial charge in [0.1, 0.15) is 0 Å². The van der Waals surface area contributed by atoms with Crippen LogP contribution in [0.15, 0.2) is 47.1 Å². The van der Waals surface area contributed by atoms with E-state index in [0.717, 1.165) is 25.9 Å². The number of piperidine rings is 1. The van der Waals surface area contributed by atoms with Crippen LogP contribution in [0.25, 0.3) is 0 Å². The summed E-state index contributed by atoms with van der Waals surface area (Å²) in [5.74, 6) is -0.0555. The summed E-state index contributed by atoms with van der Waals surface area (Å²) in [5.41, 5.74) is 1.36. The van der Waals surface area contributed by atoms with Crippen LogP contribution in [0.5, 0.6) is 0 Å². The van der Waals surface area contributed by atoms with Crippen molar-refractivity contribution in [2.24, 2.45) is 0 Å². The Morgan fingerprint density at radius 1 is 0.958 bits per heavy atom. The molecule has 3 rings (SSSR count). The molecule has 0 radical (unpaired) electrons. The Hall–Kier alpha value is -2.60. The first-order chi connectivity index (χ1) is 11.7. The summed E-state index contributed by atoms with van der Waals surface area (Å²) in [6.45, 7) is 2.41. The predicted molar refractivity (Wildman–Crippen MR) is 92.0 cm³/mol. The van der Waals surface area contributed by atoms with Gasteiger partial charge >= 0.3 is 0 Å². The van der Waals surface area contributed by atoms with Crippen LogP contribution in [0.1, 0.15) is 29.8 Å². The maximum Gasteiger partial charge on any atom is 0.291 e. The van der Waals surface area contributed by atoms with E-state index in [1.54, 1.807) is 36.4 Å². The van der Waals surface area contributed by atoms with Crippen molar-refractivity contribution in [3.63, 3.8) is 0 Å². The molecule has 0 saturated carbocycles. The minimum absolute atomic E-state index is 0.00993. The summed E-state index contributed by atoms with van der Waals surface area (Å²) in [7, 11) is 0. The molecule has 0 atom stereocenters. The van der Waals surface area contributed by atoms with Gasteiger partial charge in [0.25, 0.3) is 5.91 Å². The summed E-state index contributed by atoms with van der Waals surface area (Å²) in [6.07, 6.45) is 5.04. The standard InChI is InChI=1S/C18H21N3O3/c22-17(13-21-10-2-1-3-11-21)19-14-6-8-15(9-7-14)20-18(23)16-5-4-12-24-16/h4-9,12H,1-3,10-11,13H2,(H,19,22)(H,20,23). The van der Waals surface area contributed by atoms with Gasteiger partial charge in [-0.1, -0.05) is 6.42 Å². The molecule has 0 bridgehead atoms. The molecular weight excluding hydrogens is 306 g/mol. The van der Waals surface area contributed by atoms with Crippen molar-refractivity contribution >= 4 is 23.2 Å². The molecule has 1 saturated heterocycles. The third-order valence-corrected chi connectivity index (χ3v) is 3.99. The first-order valence-corrected chi connectivity index (χ1v) is 8.18. The summed E-state index contributed by atoms with van der Waals surface area (Å²) >= 11 is 0. The summed E-state index contributed by atoms with van der Waals surface area (Å²) < 4.78 is 5.04. The molecule has 1 aliphatic heterocycles. The molecule has 6 nitrogen and oxygen atoms in total. The fourth-order valence-corrected chi connectivity index (χ4v) is 2.76. The third kappa shape index (κ3) is 4.45. The Labute approximate surface area is 140 Å². The van der Waals surface area contributed by atoms with Gasteiger partial charge in [0.2, 0.25) is 5.91 Å². The van der Waals surface area contributed by atoms with Gasteiger partial charge in [0, 0.05) is 11.4 Å². The molecule has 126 valence electrons. The first kappa shape index (κ1) is 16.3. The molecule has 6 heteroatoms. The van der Waals surface area contributed by atoms with E-state index in [9.17, 15) is 9.59 Å². The molecule has 2 aromatic rings. The monoisotopic (exact) mass is 327 g/mol. The lowest BCUT2D eigenvalue weighted by Crippen LogP contribution is -2.36. The average Bonchev–Trinajstić information content (AvgIpc) is 3.12. The van der Waals surface area contributed by atoms with Gasteiger partial charge < -0.3 is 15.1 Å². The maximum atomic E-state index is 12.1. The van der Waals surface area contributed by atoms with Crippen LogP contribution in [0, 0.1) is 0 Å². The molecule has 1 fully saturated rings. The van der Waals surface area contributed by atoms with Crippen LogP contribution in [0.4, 0.5) is 11.4 Å². The Bertz CT molecular complexity index is 674. The van der Waals surface area contributed by atoms with Crippen molar-refractivity contribution in [2.45, 2.75) is 19.3 Å². The van der Waals surface area contributed by atoms with Crippen molar-refractivity contribution in [2.75, 3.05) is 30.3 Å². The lowest BCUT2D eigenvalue weighted by Gasteiger charge is -2.25. The average molecular weight is 327 g/mol. The van der Waals surface area contributed by atoms with E-state index in [4.69, 9.17) is 4.42 Å². The van der Waals surface area contributed by atoms with E-state index >= 15 is 0 Å². The molecule has 1 aromatic carbocycles.